The molecule has 2 rings (SSSR count). The van der Waals surface area contributed by atoms with Crippen molar-refractivity contribution in [3.05, 3.63) is 33.8 Å². The van der Waals surface area contributed by atoms with E-state index < -0.39 is 0 Å². The number of halogens is 2. The number of hydrazine groups is 1. The van der Waals surface area contributed by atoms with Crippen LogP contribution >= 0.6 is 23.2 Å². The molecule has 0 radical (unpaired) electrons. The molecule has 3 nitrogen and oxygen atoms in total. The lowest BCUT2D eigenvalue weighted by Crippen LogP contribution is -2.50. The van der Waals surface area contributed by atoms with E-state index in [4.69, 9.17) is 33.8 Å². The molecular weight excluding hydrogens is 307 g/mol. The van der Waals surface area contributed by atoms with Gasteiger partial charge in [-0.3, -0.25) is 11.3 Å². The summed E-state index contributed by atoms with van der Waals surface area (Å²) in [5.74, 6) is 6.60. The molecule has 3 N–H and O–H groups in total. The maximum absolute atomic E-state index is 6.39. The van der Waals surface area contributed by atoms with Crippen LogP contribution in [0.2, 0.25) is 10.0 Å². The Balaban J connectivity index is 2.38. The molecule has 0 saturated heterocycles. The minimum absolute atomic E-state index is 0.156. The predicted molar refractivity (Wildman–Crippen MR) is 88.5 cm³/mol. The highest BCUT2D eigenvalue weighted by molar-refractivity contribution is 6.42. The van der Waals surface area contributed by atoms with E-state index in [1.165, 1.54) is 0 Å². The third-order valence-corrected chi connectivity index (χ3v) is 5.37. The molecule has 1 aromatic carbocycles. The number of benzene rings is 1. The summed E-state index contributed by atoms with van der Waals surface area (Å²) in [7, 11) is 0. The maximum atomic E-state index is 6.39. The van der Waals surface area contributed by atoms with E-state index in [0.29, 0.717) is 16.7 Å². The first-order chi connectivity index (χ1) is 10.0. The summed E-state index contributed by atoms with van der Waals surface area (Å²) in [5, 5.41) is 1.10. The zero-order chi connectivity index (χ0) is 15.5. The van der Waals surface area contributed by atoms with Crippen LogP contribution in [0.5, 0.6) is 0 Å². The number of ether oxygens (including phenoxy) is 1. The maximum Gasteiger partial charge on any atom is 0.0889 e. The number of rotatable bonds is 5. The minimum atomic E-state index is -0.315. The third-order valence-electron chi connectivity index (χ3n) is 4.54. The molecule has 118 valence electrons. The molecule has 0 heterocycles. The Kier molecular flexibility index (Phi) is 5.92. The molecule has 1 fully saturated rings. The Morgan fingerprint density at radius 2 is 2.05 bits per heavy atom. The fraction of sp³-hybridized carbons (Fsp3) is 0.625. The molecular formula is C16H24Cl2N2O. The second kappa shape index (κ2) is 7.30. The van der Waals surface area contributed by atoms with Crippen molar-refractivity contribution in [1.82, 2.24) is 5.43 Å². The molecule has 21 heavy (non-hydrogen) atoms. The van der Waals surface area contributed by atoms with Crippen LogP contribution in [0.1, 0.15) is 51.1 Å². The summed E-state index contributed by atoms with van der Waals surface area (Å²) >= 11 is 12.6. The van der Waals surface area contributed by atoms with Crippen molar-refractivity contribution < 1.29 is 4.74 Å². The molecule has 1 saturated carbocycles. The van der Waals surface area contributed by atoms with Gasteiger partial charge in [-0.1, -0.05) is 42.3 Å². The van der Waals surface area contributed by atoms with Crippen LogP contribution < -0.4 is 11.3 Å². The molecule has 5 heteroatoms. The summed E-state index contributed by atoms with van der Waals surface area (Å²) in [5.41, 5.74) is 3.53. The second-order valence-electron chi connectivity index (χ2n) is 5.92. The van der Waals surface area contributed by atoms with E-state index in [0.717, 1.165) is 37.2 Å². The van der Waals surface area contributed by atoms with Gasteiger partial charge in [-0.25, -0.2) is 0 Å². The normalized spacial score (nSPS) is 27.6. The smallest absolute Gasteiger partial charge is 0.0889 e. The van der Waals surface area contributed by atoms with Crippen molar-refractivity contribution in [2.24, 2.45) is 11.8 Å². The minimum Gasteiger partial charge on any atom is -0.373 e. The highest BCUT2D eigenvalue weighted by Crippen LogP contribution is 2.45. The van der Waals surface area contributed by atoms with Gasteiger partial charge in [-0.2, -0.15) is 0 Å². The zero-order valence-electron chi connectivity index (χ0n) is 12.7. The molecule has 0 bridgehead atoms. The van der Waals surface area contributed by atoms with Gasteiger partial charge in [-0.15, -0.1) is 0 Å². The Morgan fingerprint density at radius 3 is 2.62 bits per heavy atom. The Bertz CT molecular complexity index is 473. The van der Waals surface area contributed by atoms with E-state index in [1.54, 1.807) is 6.07 Å². The molecule has 1 aliphatic carbocycles. The summed E-state index contributed by atoms with van der Waals surface area (Å²) in [6.45, 7) is 4.96. The molecule has 0 aromatic heterocycles. The van der Waals surface area contributed by atoms with Crippen molar-refractivity contribution in [2.45, 2.75) is 51.2 Å². The highest BCUT2D eigenvalue weighted by Gasteiger charge is 2.43. The van der Waals surface area contributed by atoms with Gasteiger partial charge in [0.2, 0.25) is 0 Å². The summed E-state index contributed by atoms with van der Waals surface area (Å²) in [6, 6.07) is 5.50. The van der Waals surface area contributed by atoms with E-state index in [9.17, 15) is 0 Å². The largest absolute Gasteiger partial charge is 0.373 e. The Morgan fingerprint density at radius 1 is 1.38 bits per heavy atom. The van der Waals surface area contributed by atoms with Gasteiger partial charge in [0.1, 0.15) is 0 Å². The van der Waals surface area contributed by atoms with Crippen molar-refractivity contribution in [1.29, 1.82) is 0 Å². The number of hydrogen-bond acceptors (Lipinski definition) is 3. The SMILES string of the molecule is CCOC1(C(NN)c2cccc(Cl)c2Cl)CCC(C)CC1. The first-order valence-electron chi connectivity index (χ1n) is 7.58. The molecule has 0 spiro atoms. The van der Waals surface area contributed by atoms with Crippen molar-refractivity contribution >= 4 is 23.2 Å². The van der Waals surface area contributed by atoms with Crippen LogP contribution in [0, 0.1) is 5.92 Å². The van der Waals surface area contributed by atoms with Crippen LogP contribution in [0.25, 0.3) is 0 Å². The first-order valence-corrected chi connectivity index (χ1v) is 8.33. The fourth-order valence-electron chi connectivity index (χ4n) is 3.32. The van der Waals surface area contributed by atoms with Crippen LogP contribution in [0.4, 0.5) is 0 Å². The highest BCUT2D eigenvalue weighted by atomic mass is 35.5. The van der Waals surface area contributed by atoms with Crippen LogP contribution in [0.3, 0.4) is 0 Å². The zero-order valence-corrected chi connectivity index (χ0v) is 14.2. The molecule has 0 aliphatic heterocycles. The van der Waals surface area contributed by atoms with Crippen LogP contribution in [-0.2, 0) is 4.74 Å². The molecule has 1 aromatic rings. The van der Waals surface area contributed by atoms with Gasteiger partial charge >= 0.3 is 0 Å². The van der Waals surface area contributed by atoms with Crippen molar-refractivity contribution in [2.75, 3.05) is 6.61 Å². The van der Waals surface area contributed by atoms with E-state index in [-0.39, 0.29) is 11.6 Å². The Hall–Kier alpha value is -0.320. The average molecular weight is 331 g/mol. The second-order valence-corrected chi connectivity index (χ2v) is 6.71. The van der Waals surface area contributed by atoms with Crippen molar-refractivity contribution in [3.63, 3.8) is 0 Å². The fourth-order valence-corrected chi connectivity index (χ4v) is 3.74. The van der Waals surface area contributed by atoms with E-state index in [2.05, 4.69) is 12.3 Å². The quantitative estimate of drug-likeness (QED) is 0.618. The summed E-state index contributed by atoms with van der Waals surface area (Å²) in [4.78, 5) is 0. The molecule has 1 unspecified atom stereocenters. The third kappa shape index (κ3) is 3.54. The van der Waals surface area contributed by atoms with Crippen LogP contribution in [0.15, 0.2) is 18.2 Å². The van der Waals surface area contributed by atoms with Gasteiger partial charge in [0.25, 0.3) is 0 Å². The topological polar surface area (TPSA) is 47.3 Å². The van der Waals surface area contributed by atoms with Gasteiger partial charge in [0.15, 0.2) is 0 Å². The lowest BCUT2D eigenvalue weighted by Gasteiger charge is -2.45. The summed E-state index contributed by atoms with van der Waals surface area (Å²) in [6.07, 6.45) is 4.21. The Labute approximate surface area is 137 Å². The van der Waals surface area contributed by atoms with Crippen LogP contribution in [-0.4, -0.2) is 12.2 Å². The van der Waals surface area contributed by atoms with Gasteiger partial charge in [0.05, 0.1) is 21.7 Å². The number of hydrogen-bond donors (Lipinski definition) is 2. The lowest BCUT2D eigenvalue weighted by atomic mass is 9.73. The average Bonchev–Trinajstić information content (AvgIpc) is 2.47. The molecule has 0 amide bonds. The number of nitrogens with one attached hydrogen (secondary N) is 1. The van der Waals surface area contributed by atoms with Crippen molar-refractivity contribution in [3.8, 4) is 0 Å². The summed E-state index contributed by atoms with van der Waals surface area (Å²) < 4.78 is 6.18. The monoisotopic (exact) mass is 330 g/mol. The molecule has 1 aliphatic rings. The standard InChI is InChI=1S/C16H24Cl2N2O/c1-3-21-16(9-7-11(2)8-10-16)15(20-19)12-5-4-6-13(17)14(12)18/h4-6,11,15,20H,3,7-10,19H2,1-2H3. The molecule has 1 atom stereocenters. The van der Waals surface area contributed by atoms with Gasteiger partial charge < -0.3 is 4.74 Å². The van der Waals surface area contributed by atoms with E-state index >= 15 is 0 Å². The van der Waals surface area contributed by atoms with E-state index in [1.807, 2.05) is 19.1 Å². The number of nitrogens with two attached hydrogens (primary N) is 1. The predicted octanol–water partition coefficient (Wildman–Crippen LogP) is 4.48. The first kappa shape index (κ1) is 17.0. The van der Waals surface area contributed by atoms with Gasteiger partial charge in [-0.05, 0) is 50.2 Å². The lowest BCUT2D eigenvalue weighted by molar-refractivity contribution is -0.0976. The van der Waals surface area contributed by atoms with Gasteiger partial charge in [0, 0.05) is 6.61 Å².